The highest BCUT2D eigenvalue weighted by Crippen LogP contribution is 2.55. The number of pyridine rings is 1. The molecule has 6 aromatic rings. The van der Waals surface area contributed by atoms with Gasteiger partial charge in [-0.1, -0.05) is 100 Å². The number of hydrogen-bond acceptors (Lipinski definition) is 2. The standard InChI is InChI=1S/C33H27NO/c1-19(2)20-16-17-22-25(18-20)21-10-5-7-14-27(21)34-31(22)24-12-9-13-26-29(24)32-30(33(26,3)4)23-11-6-8-15-28(23)35-32/h5-19H,1-4H3. The fourth-order valence-electron chi connectivity index (χ4n) is 6.03. The van der Waals surface area contributed by atoms with Crippen LogP contribution in [0.4, 0.5) is 0 Å². The van der Waals surface area contributed by atoms with Crippen LogP contribution in [-0.4, -0.2) is 4.98 Å². The van der Waals surface area contributed by atoms with E-state index in [9.17, 15) is 0 Å². The fraction of sp³-hybridized carbons (Fsp3) is 0.182. The molecule has 0 radical (unpaired) electrons. The van der Waals surface area contributed by atoms with Crippen LogP contribution in [0.1, 0.15) is 50.3 Å². The number of hydrogen-bond donors (Lipinski definition) is 0. The number of rotatable bonds is 2. The Morgan fingerprint density at radius 2 is 1.51 bits per heavy atom. The molecule has 2 nitrogen and oxygen atoms in total. The maximum Gasteiger partial charge on any atom is 0.140 e. The quantitative estimate of drug-likeness (QED) is 0.244. The van der Waals surface area contributed by atoms with Crippen molar-refractivity contribution in [2.75, 3.05) is 0 Å². The molecule has 170 valence electrons. The Labute approximate surface area is 205 Å². The van der Waals surface area contributed by atoms with Crippen LogP contribution in [0, 0.1) is 0 Å². The number of nitrogens with zero attached hydrogens (tertiary/aromatic N) is 1. The van der Waals surface area contributed by atoms with Crippen molar-refractivity contribution in [3.63, 3.8) is 0 Å². The lowest BCUT2D eigenvalue weighted by molar-refractivity contribution is 0.619. The molecule has 0 saturated heterocycles. The van der Waals surface area contributed by atoms with E-state index in [1.807, 2.05) is 6.07 Å². The molecule has 0 aliphatic heterocycles. The Bertz CT molecular complexity index is 1800. The Kier molecular flexibility index (Phi) is 4.12. The highest BCUT2D eigenvalue weighted by atomic mass is 16.3. The topological polar surface area (TPSA) is 26.0 Å². The Morgan fingerprint density at radius 1 is 0.743 bits per heavy atom. The fourth-order valence-corrected chi connectivity index (χ4v) is 6.03. The van der Waals surface area contributed by atoms with Gasteiger partial charge in [-0.2, -0.15) is 0 Å². The van der Waals surface area contributed by atoms with Crippen LogP contribution in [-0.2, 0) is 5.41 Å². The molecule has 2 heterocycles. The third kappa shape index (κ3) is 2.74. The molecular weight excluding hydrogens is 426 g/mol. The van der Waals surface area contributed by atoms with Crippen molar-refractivity contribution < 1.29 is 4.42 Å². The minimum absolute atomic E-state index is 0.148. The average Bonchev–Trinajstić information content (AvgIpc) is 3.37. The van der Waals surface area contributed by atoms with E-state index in [1.54, 1.807) is 0 Å². The van der Waals surface area contributed by atoms with Crippen molar-refractivity contribution >= 4 is 32.6 Å². The van der Waals surface area contributed by atoms with Crippen molar-refractivity contribution in [1.29, 1.82) is 0 Å². The predicted molar refractivity (Wildman–Crippen MR) is 146 cm³/mol. The summed E-state index contributed by atoms with van der Waals surface area (Å²) in [6.45, 7) is 9.12. The third-order valence-corrected chi connectivity index (χ3v) is 7.83. The van der Waals surface area contributed by atoms with Crippen molar-refractivity contribution in [3.8, 4) is 22.6 Å². The Hall–Kier alpha value is -3.91. The summed E-state index contributed by atoms with van der Waals surface area (Å²) in [4.78, 5) is 5.26. The van der Waals surface area contributed by atoms with E-state index in [1.165, 1.54) is 43.8 Å². The molecule has 0 saturated carbocycles. The molecule has 4 aromatic carbocycles. The smallest absolute Gasteiger partial charge is 0.140 e. The molecule has 0 bridgehead atoms. The van der Waals surface area contributed by atoms with Crippen molar-refractivity contribution in [2.24, 2.45) is 0 Å². The molecule has 1 aliphatic rings. The van der Waals surface area contributed by atoms with Gasteiger partial charge < -0.3 is 4.42 Å². The summed E-state index contributed by atoms with van der Waals surface area (Å²) in [5.74, 6) is 1.46. The highest BCUT2D eigenvalue weighted by molar-refractivity contribution is 6.13. The Morgan fingerprint density at radius 3 is 2.34 bits per heavy atom. The van der Waals surface area contributed by atoms with Crippen LogP contribution >= 0.6 is 0 Å². The third-order valence-electron chi connectivity index (χ3n) is 7.83. The molecule has 7 rings (SSSR count). The maximum absolute atomic E-state index is 6.56. The molecule has 2 heteroatoms. The van der Waals surface area contributed by atoms with Gasteiger partial charge in [0.15, 0.2) is 0 Å². The first-order valence-electron chi connectivity index (χ1n) is 12.4. The maximum atomic E-state index is 6.56. The zero-order valence-corrected chi connectivity index (χ0v) is 20.5. The van der Waals surface area contributed by atoms with Gasteiger partial charge in [0.1, 0.15) is 11.3 Å². The van der Waals surface area contributed by atoms with Gasteiger partial charge in [-0.25, -0.2) is 4.98 Å². The van der Waals surface area contributed by atoms with E-state index >= 15 is 0 Å². The van der Waals surface area contributed by atoms with Gasteiger partial charge in [-0.15, -0.1) is 0 Å². The average molecular weight is 454 g/mol. The largest absolute Gasteiger partial charge is 0.456 e. The van der Waals surface area contributed by atoms with E-state index in [-0.39, 0.29) is 5.41 Å². The number of furan rings is 1. The predicted octanol–water partition coefficient (Wildman–Crippen LogP) is 9.23. The van der Waals surface area contributed by atoms with Crippen molar-refractivity contribution in [3.05, 3.63) is 102 Å². The second kappa shape index (κ2) is 7.05. The van der Waals surface area contributed by atoms with E-state index in [4.69, 9.17) is 9.40 Å². The molecule has 0 fully saturated rings. The van der Waals surface area contributed by atoms with Crippen LogP contribution in [0.3, 0.4) is 0 Å². The molecule has 35 heavy (non-hydrogen) atoms. The number of para-hydroxylation sites is 2. The summed E-state index contributed by atoms with van der Waals surface area (Å²) in [7, 11) is 0. The lowest BCUT2D eigenvalue weighted by Gasteiger charge is -2.21. The minimum Gasteiger partial charge on any atom is -0.456 e. The van der Waals surface area contributed by atoms with E-state index in [2.05, 4.69) is 107 Å². The van der Waals surface area contributed by atoms with Crippen molar-refractivity contribution in [1.82, 2.24) is 4.98 Å². The number of fused-ring (bicyclic) bond motifs is 8. The van der Waals surface area contributed by atoms with Gasteiger partial charge in [0.05, 0.1) is 11.2 Å². The number of benzene rings is 4. The van der Waals surface area contributed by atoms with E-state index in [0.29, 0.717) is 5.92 Å². The molecule has 0 atom stereocenters. The molecule has 0 amide bonds. The first kappa shape index (κ1) is 20.5. The second-order valence-corrected chi connectivity index (χ2v) is 10.6. The van der Waals surface area contributed by atoms with Crippen LogP contribution in [0.25, 0.3) is 55.2 Å². The zero-order valence-electron chi connectivity index (χ0n) is 20.5. The lowest BCUT2D eigenvalue weighted by atomic mass is 9.81. The monoisotopic (exact) mass is 453 g/mol. The second-order valence-electron chi connectivity index (χ2n) is 10.6. The first-order valence-corrected chi connectivity index (χ1v) is 12.4. The molecule has 0 spiro atoms. The Balaban J connectivity index is 1.61. The highest BCUT2D eigenvalue weighted by Gasteiger charge is 2.41. The first-order chi connectivity index (χ1) is 16.9. The normalized spacial score (nSPS) is 14.2. The van der Waals surface area contributed by atoms with Gasteiger partial charge in [0.2, 0.25) is 0 Å². The van der Waals surface area contributed by atoms with E-state index < -0.39 is 0 Å². The van der Waals surface area contributed by atoms with E-state index in [0.717, 1.165) is 28.1 Å². The lowest BCUT2D eigenvalue weighted by Crippen LogP contribution is -2.14. The summed E-state index contributed by atoms with van der Waals surface area (Å²) < 4.78 is 6.56. The van der Waals surface area contributed by atoms with Crippen molar-refractivity contribution in [2.45, 2.75) is 39.0 Å². The summed E-state index contributed by atoms with van der Waals surface area (Å²) in [6, 6.07) is 30.4. The summed E-state index contributed by atoms with van der Waals surface area (Å²) in [6.07, 6.45) is 0. The van der Waals surface area contributed by atoms with Crippen LogP contribution in [0.5, 0.6) is 0 Å². The van der Waals surface area contributed by atoms with Crippen LogP contribution in [0.15, 0.2) is 89.3 Å². The van der Waals surface area contributed by atoms with Crippen LogP contribution in [0.2, 0.25) is 0 Å². The van der Waals surface area contributed by atoms with Gasteiger partial charge in [0, 0.05) is 38.3 Å². The molecule has 0 unspecified atom stereocenters. The summed E-state index contributed by atoms with van der Waals surface area (Å²) >= 11 is 0. The molecule has 2 aromatic heterocycles. The molecule has 1 aliphatic carbocycles. The molecule has 0 N–H and O–H groups in total. The minimum atomic E-state index is -0.148. The van der Waals surface area contributed by atoms with Gasteiger partial charge >= 0.3 is 0 Å². The van der Waals surface area contributed by atoms with Gasteiger partial charge in [-0.05, 0) is 34.6 Å². The zero-order chi connectivity index (χ0) is 23.9. The van der Waals surface area contributed by atoms with Gasteiger partial charge in [-0.3, -0.25) is 0 Å². The summed E-state index contributed by atoms with van der Waals surface area (Å²) in [5.41, 5.74) is 9.10. The molecular formula is C33H27NO. The SMILES string of the molecule is CC(C)c1ccc2c(-c3cccc4c3-c3oc5ccccc5c3C4(C)C)nc3ccccc3c2c1. The number of aromatic nitrogens is 1. The van der Waals surface area contributed by atoms with Crippen LogP contribution < -0.4 is 0 Å². The van der Waals surface area contributed by atoms with Gasteiger partial charge in [0.25, 0.3) is 0 Å². The summed E-state index contributed by atoms with van der Waals surface area (Å²) in [5, 5.41) is 4.85.